The zero-order chi connectivity index (χ0) is 14.5. The maximum atomic E-state index is 12.2. The number of nitrogens with two attached hydrogens (primary N) is 1. The molecule has 0 spiro atoms. The van der Waals surface area contributed by atoms with Crippen LogP contribution in [0.2, 0.25) is 0 Å². The fourth-order valence-electron chi connectivity index (χ4n) is 2.11. The average molecular weight is 284 g/mol. The third-order valence-corrected chi connectivity index (χ3v) is 5.01. The van der Waals surface area contributed by atoms with Gasteiger partial charge in [0.15, 0.2) is 0 Å². The van der Waals surface area contributed by atoms with E-state index in [4.69, 9.17) is 5.73 Å². The van der Waals surface area contributed by atoms with Crippen LogP contribution in [0.25, 0.3) is 0 Å². The molecule has 4 nitrogen and oxygen atoms in total. The van der Waals surface area contributed by atoms with Crippen molar-refractivity contribution in [2.45, 2.75) is 44.9 Å². The van der Waals surface area contributed by atoms with Gasteiger partial charge in [-0.05, 0) is 25.3 Å². The summed E-state index contributed by atoms with van der Waals surface area (Å²) in [6.07, 6.45) is 1.38. The van der Waals surface area contributed by atoms with Crippen molar-refractivity contribution in [2.75, 3.05) is 6.54 Å². The zero-order valence-corrected chi connectivity index (χ0v) is 12.8. The van der Waals surface area contributed by atoms with Crippen molar-refractivity contribution in [1.29, 1.82) is 0 Å². The summed E-state index contributed by atoms with van der Waals surface area (Å²) in [5, 5.41) is 0. The summed E-state index contributed by atoms with van der Waals surface area (Å²) in [6.45, 7) is 6.16. The van der Waals surface area contributed by atoms with E-state index in [2.05, 4.69) is 4.72 Å². The van der Waals surface area contributed by atoms with Crippen LogP contribution in [0.15, 0.2) is 24.3 Å². The number of benzene rings is 1. The first-order valence-electron chi connectivity index (χ1n) is 6.63. The molecule has 0 aliphatic rings. The fraction of sp³-hybridized carbons (Fsp3) is 0.571. The van der Waals surface area contributed by atoms with Crippen molar-refractivity contribution in [2.24, 2.45) is 5.73 Å². The second kappa shape index (κ2) is 6.50. The lowest BCUT2D eigenvalue weighted by atomic mass is 9.95. The Bertz CT molecular complexity index is 500. The fourth-order valence-corrected chi connectivity index (χ4v) is 3.83. The average Bonchev–Trinajstić information content (AvgIpc) is 2.35. The minimum absolute atomic E-state index is 0.00354. The van der Waals surface area contributed by atoms with E-state index in [1.54, 1.807) is 0 Å². The molecule has 0 radical (unpaired) electrons. The molecule has 0 atom stereocenters. The molecule has 0 bridgehead atoms. The molecule has 19 heavy (non-hydrogen) atoms. The predicted octanol–water partition coefficient (Wildman–Crippen LogP) is 1.93. The summed E-state index contributed by atoms with van der Waals surface area (Å²) >= 11 is 0. The van der Waals surface area contributed by atoms with Crippen LogP contribution in [0.1, 0.15) is 37.8 Å². The lowest BCUT2D eigenvalue weighted by Crippen LogP contribution is -2.53. The summed E-state index contributed by atoms with van der Waals surface area (Å²) in [6, 6.07) is 7.54. The lowest BCUT2D eigenvalue weighted by molar-refractivity contribution is 0.363. The Hall–Kier alpha value is -0.910. The van der Waals surface area contributed by atoms with Crippen LogP contribution in [-0.4, -0.2) is 20.5 Å². The van der Waals surface area contributed by atoms with Crippen LogP contribution in [0, 0.1) is 6.92 Å². The normalized spacial score (nSPS) is 12.6. The Morgan fingerprint density at radius 1 is 1.26 bits per heavy atom. The van der Waals surface area contributed by atoms with Gasteiger partial charge in [-0.2, -0.15) is 0 Å². The number of nitrogens with one attached hydrogen (secondary N) is 1. The Balaban J connectivity index is 2.87. The van der Waals surface area contributed by atoms with Crippen LogP contribution in [0.4, 0.5) is 0 Å². The van der Waals surface area contributed by atoms with Gasteiger partial charge >= 0.3 is 0 Å². The molecule has 0 saturated heterocycles. The minimum Gasteiger partial charge on any atom is -0.329 e. The van der Waals surface area contributed by atoms with Crippen LogP contribution in [-0.2, 0) is 15.8 Å². The molecule has 0 fully saturated rings. The molecular formula is C14H24N2O2S. The first-order chi connectivity index (χ1) is 8.86. The molecule has 1 rings (SSSR count). The van der Waals surface area contributed by atoms with E-state index in [0.717, 1.165) is 11.1 Å². The number of hydrogen-bond acceptors (Lipinski definition) is 3. The maximum Gasteiger partial charge on any atom is 0.216 e. The van der Waals surface area contributed by atoms with E-state index in [9.17, 15) is 8.42 Å². The molecule has 108 valence electrons. The largest absolute Gasteiger partial charge is 0.329 e. The highest BCUT2D eigenvalue weighted by Gasteiger charge is 2.29. The van der Waals surface area contributed by atoms with E-state index in [1.807, 2.05) is 45.0 Å². The van der Waals surface area contributed by atoms with Crippen LogP contribution < -0.4 is 10.5 Å². The molecular weight excluding hydrogens is 260 g/mol. The van der Waals surface area contributed by atoms with Gasteiger partial charge in [-0.1, -0.05) is 43.7 Å². The minimum atomic E-state index is -3.38. The molecule has 3 N–H and O–H groups in total. The molecule has 0 saturated carbocycles. The highest BCUT2D eigenvalue weighted by molar-refractivity contribution is 7.88. The Morgan fingerprint density at radius 2 is 1.89 bits per heavy atom. The van der Waals surface area contributed by atoms with Crippen molar-refractivity contribution in [1.82, 2.24) is 4.72 Å². The van der Waals surface area contributed by atoms with Gasteiger partial charge < -0.3 is 5.73 Å². The smallest absolute Gasteiger partial charge is 0.216 e. The topological polar surface area (TPSA) is 72.2 Å². The molecule has 0 aromatic heterocycles. The van der Waals surface area contributed by atoms with Gasteiger partial charge in [0.25, 0.3) is 0 Å². The Morgan fingerprint density at radius 3 is 2.37 bits per heavy atom. The van der Waals surface area contributed by atoms with Crippen molar-refractivity contribution in [3.8, 4) is 0 Å². The third-order valence-electron chi connectivity index (χ3n) is 3.56. The van der Waals surface area contributed by atoms with Gasteiger partial charge in [0.1, 0.15) is 0 Å². The standard InChI is InChI=1S/C14H24N2O2S/c1-4-14(5-2,11-15)16-19(17,18)10-13-8-6-7-12(3)9-13/h6-9,16H,4-5,10-11,15H2,1-3H3. The van der Waals surface area contributed by atoms with Crippen LogP contribution >= 0.6 is 0 Å². The van der Waals surface area contributed by atoms with E-state index < -0.39 is 15.6 Å². The number of rotatable bonds is 7. The Kier molecular flexibility index (Phi) is 5.52. The van der Waals surface area contributed by atoms with E-state index in [0.29, 0.717) is 19.4 Å². The highest BCUT2D eigenvalue weighted by atomic mass is 32.2. The summed E-state index contributed by atoms with van der Waals surface area (Å²) < 4.78 is 27.2. The number of hydrogen-bond donors (Lipinski definition) is 2. The van der Waals surface area contributed by atoms with Crippen molar-refractivity contribution >= 4 is 10.0 Å². The van der Waals surface area contributed by atoms with Gasteiger partial charge in [0.2, 0.25) is 10.0 Å². The Labute approximate surface area is 116 Å². The summed E-state index contributed by atoms with van der Waals surface area (Å²) in [5.74, 6) is -0.00354. The maximum absolute atomic E-state index is 12.2. The second-order valence-corrected chi connectivity index (χ2v) is 6.76. The third kappa shape index (κ3) is 4.60. The first-order valence-corrected chi connectivity index (χ1v) is 8.29. The molecule has 0 aliphatic heterocycles. The van der Waals surface area contributed by atoms with Crippen LogP contribution in [0.5, 0.6) is 0 Å². The molecule has 1 aromatic rings. The van der Waals surface area contributed by atoms with E-state index in [1.165, 1.54) is 0 Å². The highest BCUT2D eigenvalue weighted by Crippen LogP contribution is 2.17. The molecule has 5 heteroatoms. The van der Waals surface area contributed by atoms with Crippen LogP contribution in [0.3, 0.4) is 0 Å². The molecule has 0 heterocycles. The van der Waals surface area contributed by atoms with Crippen molar-refractivity contribution in [3.63, 3.8) is 0 Å². The van der Waals surface area contributed by atoms with Gasteiger partial charge in [0, 0.05) is 12.1 Å². The quantitative estimate of drug-likeness (QED) is 0.803. The predicted molar refractivity (Wildman–Crippen MR) is 79.3 cm³/mol. The van der Waals surface area contributed by atoms with Gasteiger partial charge in [0.05, 0.1) is 5.75 Å². The summed E-state index contributed by atoms with van der Waals surface area (Å²) in [4.78, 5) is 0. The first kappa shape index (κ1) is 16.1. The molecule has 0 aliphatic carbocycles. The van der Waals surface area contributed by atoms with Gasteiger partial charge in [-0.15, -0.1) is 0 Å². The SMILES string of the molecule is CCC(CC)(CN)NS(=O)(=O)Cc1cccc(C)c1. The lowest BCUT2D eigenvalue weighted by Gasteiger charge is -2.31. The zero-order valence-electron chi connectivity index (χ0n) is 11.9. The monoisotopic (exact) mass is 284 g/mol. The van der Waals surface area contributed by atoms with Gasteiger partial charge in [-0.25, -0.2) is 13.1 Å². The second-order valence-electron chi connectivity index (χ2n) is 5.04. The molecule has 0 unspecified atom stereocenters. The number of aryl methyl sites for hydroxylation is 1. The van der Waals surface area contributed by atoms with Gasteiger partial charge in [-0.3, -0.25) is 0 Å². The van der Waals surface area contributed by atoms with Crippen molar-refractivity contribution in [3.05, 3.63) is 35.4 Å². The molecule has 1 aromatic carbocycles. The summed E-state index contributed by atoms with van der Waals surface area (Å²) in [7, 11) is -3.38. The summed E-state index contributed by atoms with van der Waals surface area (Å²) in [5.41, 5.74) is 7.06. The van der Waals surface area contributed by atoms with E-state index in [-0.39, 0.29) is 5.75 Å². The van der Waals surface area contributed by atoms with Crippen molar-refractivity contribution < 1.29 is 8.42 Å². The molecule has 0 amide bonds. The van der Waals surface area contributed by atoms with E-state index >= 15 is 0 Å². The number of sulfonamides is 1.